The first-order valence-corrected chi connectivity index (χ1v) is 8.26. The molecule has 1 aliphatic heterocycles. The van der Waals surface area contributed by atoms with E-state index < -0.39 is 17.8 Å². The maximum atomic E-state index is 13.0. The first-order chi connectivity index (χ1) is 11.8. The summed E-state index contributed by atoms with van der Waals surface area (Å²) < 4.78 is 40.9. The van der Waals surface area contributed by atoms with Crippen molar-refractivity contribution in [3.8, 4) is 0 Å². The Morgan fingerprint density at radius 2 is 1.96 bits per heavy atom. The fourth-order valence-electron chi connectivity index (χ4n) is 3.35. The lowest BCUT2D eigenvalue weighted by molar-refractivity contribution is -0.137. The standard InChI is InChI=1S/C17H21F3N4O/c1-3-15-21-22-16(23(15)2)10-24-9-13(25)8-14(24)11-5-4-6-12(7-11)17(18,19)20/h4-7,13-14,25H,3,8-10H2,1-2H3. The summed E-state index contributed by atoms with van der Waals surface area (Å²) in [4.78, 5) is 1.96. The van der Waals surface area contributed by atoms with Crippen LogP contribution in [0.5, 0.6) is 0 Å². The Hall–Kier alpha value is -1.93. The van der Waals surface area contributed by atoms with Crippen LogP contribution < -0.4 is 0 Å². The predicted octanol–water partition coefficient (Wildman–Crippen LogP) is 2.70. The van der Waals surface area contributed by atoms with E-state index in [1.807, 2.05) is 23.4 Å². The van der Waals surface area contributed by atoms with E-state index in [0.29, 0.717) is 25.1 Å². The number of hydrogen-bond acceptors (Lipinski definition) is 4. The SMILES string of the molecule is CCc1nnc(CN2CC(O)CC2c2cccc(C(F)(F)F)c2)n1C. The number of nitrogens with zero attached hydrogens (tertiary/aromatic N) is 4. The van der Waals surface area contributed by atoms with Crippen LogP contribution in [0.1, 0.15) is 42.2 Å². The molecule has 2 atom stereocenters. The lowest BCUT2D eigenvalue weighted by Crippen LogP contribution is -2.26. The number of aromatic nitrogens is 3. The number of β-amino-alcohol motifs (C(OH)–C–C–N with tert-alkyl or cyclic N) is 1. The maximum Gasteiger partial charge on any atom is 0.416 e. The largest absolute Gasteiger partial charge is 0.416 e. The van der Waals surface area contributed by atoms with Gasteiger partial charge in [0, 0.05) is 26.1 Å². The van der Waals surface area contributed by atoms with E-state index >= 15 is 0 Å². The van der Waals surface area contributed by atoms with Gasteiger partial charge in [-0.2, -0.15) is 13.2 Å². The summed E-state index contributed by atoms with van der Waals surface area (Å²) in [7, 11) is 1.87. The van der Waals surface area contributed by atoms with Gasteiger partial charge in [0.05, 0.1) is 18.2 Å². The lowest BCUT2D eigenvalue weighted by Gasteiger charge is -2.24. The number of aryl methyl sites for hydroxylation is 1. The Bertz CT molecular complexity index is 744. The van der Waals surface area contributed by atoms with Gasteiger partial charge in [-0.3, -0.25) is 4.90 Å². The third-order valence-corrected chi connectivity index (χ3v) is 4.70. The van der Waals surface area contributed by atoms with E-state index in [0.717, 1.165) is 24.1 Å². The highest BCUT2D eigenvalue weighted by molar-refractivity contribution is 5.29. The maximum absolute atomic E-state index is 13.0. The van der Waals surface area contributed by atoms with Gasteiger partial charge in [0.2, 0.25) is 0 Å². The Kier molecular flexibility index (Phi) is 4.83. The molecule has 0 radical (unpaired) electrons. The Morgan fingerprint density at radius 3 is 2.60 bits per heavy atom. The molecule has 0 bridgehead atoms. The number of aliphatic hydroxyl groups excluding tert-OH is 1. The minimum absolute atomic E-state index is 0.279. The molecule has 1 fully saturated rings. The minimum atomic E-state index is -4.38. The molecule has 2 unspecified atom stereocenters. The molecule has 0 amide bonds. The zero-order valence-corrected chi connectivity index (χ0v) is 14.2. The molecule has 136 valence electrons. The van der Waals surface area contributed by atoms with Crippen LogP contribution in [0.2, 0.25) is 0 Å². The zero-order valence-electron chi connectivity index (χ0n) is 14.2. The molecule has 0 aliphatic carbocycles. The summed E-state index contributed by atoms with van der Waals surface area (Å²) in [6.07, 6.45) is -3.79. The fourth-order valence-corrected chi connectivity index (χ4v) is 3.35. The molecule has 8 heteroatoms. The summed E-state index contributed by atoms with van der Waals surface area (Å²) in [5.41, 5.74) is -0.109. The molecule has 3 rings (SSSR count). The molecular weight excluding hydrogens is 333 g/mol. The molecule has 1 N–H and O–H groups in total. The fraction of sp³-hybridized carbons (Fsp3) is 0.529. The molecule has 5 nitrogen and oxygen atoms in total. The molecule has 1 aromatic carbocycles. The Morgan fingerprint density at radius 1 is 1.24 bits per heavy atom. The monoisotopic (exact) mass is 354 g/mol. The topological polar surface area (TPSA) is 54.2 Å². The van der Waals surface area contributed by atoms with E-state index in [1.165, 1.54) is 12.1 Å². The average molecular weight is 354 g/mol. The van der Waals surface area contributed by atoms with Crippen molar-refractivity contribution in [2.75, 3.05) is 6.54 Å². The second-order valence-corrected chi connectivity index (χ2v) is 6.40. The van der Waals surface area contributed by atoms with Crippen molar-refractivity contribution in [3.63, 3.8) is 0 Å². The molecule has 0 saturated carbocycles. The molecule has 1 saturated heterocycles. The summed E-state index contributed by atoms with van der Waals surface area (Å²) in [5.74, 6) is 1.59. The number of aliphatic hydroxyl groups is 1. The van der Waals surface area contributed by atoms with E-state index in [2.05, 4.69) is 10.2 Å². The number of rotatable bonds is 4. The zero-order chi connectivity index (χ0) is 18.2. The van der Waals surface area contributed by atoms with Crippen LogP contribution in [0.3, 0.4) is 0 Å². The van der Waals surface area contributed by atoms with Crippen LogP contribution in [0, 0.1) is 0 Å². The molecule has 1 aromatic heterocycles. The van der Waals surface area contributed by atoms with Gasteiger partial charge in [-0.25, -0.2) is 0 Å². The lowest BCUT2D eigenvalue weighted by atomic mass is 10.0. The molecule has 1 aliphatic rings. The molecule has 2 heterocycles. The first-order valence-electron chi connectivity index (χ1n) is 8.26. The van der Waals surface area contributed by atoms with Crippen LogP contribution in [0.25, 0.3) is 0 Å². The number of benzene rings is 1. The van der Waals surface area contributed by atoms with Crippen molar-refractivity contribution < 1.29 is 18.3 Å². The van der Waals surface area contributed by atoms with Crippen molar-refractivity contribution in [2.45, 2.75) is 44.6 Å². The number of alkyl halides is 3. The van der Waals surface area contributed by atoms with Gasteiger partial charge in [0.15, 0.2) is 0 Å². The van der Waals surface area contributed by atoms with Gasteiger partial charge in [-0.05, 0) is 24.1 Å². The summed E-state index contributed by atoms with van der Waals surface area (Å²) in [6.45, 7) is 2.82. The number of halogens is 3. The highest BCUT2D eigenvalue weighted by Gasteiger charge is 2.35. The van der Waals surface area contributed by atoms with Gasteiger partial charge in [-0.15, -0.1) is 10.2 Å². The smallest absolute Gasteiger partial charge is 0.392 e. The van der Waals surface area contributed by atoms with Crippen LogP contribution in [0.4, 0.5) is 13.2 Å². The highest BCUT2D eigenvalue weighted by Crippen LogP contribution is 2.36. The van der Waals surface area contributed by atoms with Crippen LogP contribution in [0.15, 0.2) is 24.3 Å². The summed E-state index contributed by atoms with van der Waals surface area (Å²) in [6, 6.07) is 5.05. The third kappa shape index (κ3) is 3.69. The van der Waals surface area contributed by atoms with Crippen molar-refractivity contribution >= 4 is 0 Å². The molecule has 2 aromatic rings. The number of likely N-dealkylation sites (tertiary alicyclic amines) is 1. The van der Waals surface area contributed by atoms with Crippen molar-refractivity contribution in [2.24, 2.45) is 7.05 Å². The number of hydrogen-bond donors (Lipinski definition) is 1. The predicted molar refractivity (Wildman–Crippen MR) is 85.6 cm³/mol. The summed E-state index contributed by atoms with van der Waals surface area (Å²) in [5, 5.41) is 18.3. The van der Waals surface area contributed by atoms with E-state index in [1.54, 1.807) is 6.07 Å². The first kappa shape index (κ1) is 17.9. The molecule has 25 heavy (non-hydrogen) atoms. The van der Waals surface area contributed by atoms with E-state index in [9.17, 15) is 18.3 Å². The normalized spacial score (nSPS) is 21.8. The highest BCUT2D eigenvalue weighted by atomic mass is 19.4. The van der Waals surface area contributed by atoms with Gasteiger partial charge in [-0.1, -0.05) is 19.1 Å². The van der Waals surface area contributed by atoms with Crippen molar-refractivity contribution in [3.05, 3.63) is 47.0 Å². The van der Waals surface area contributed by atoms with Crippen LogP contribution in [-0.2, 0) is 26.2 Å². The van der Waals surface area contributed by atoms with Crippen molar-refractivity contribution in [1.29, 1.82) is 0 Å². The minimum Gasteiger partial charge on any atom is -0.392 e. The van der Waals surface area contributed by atoms with Crippen LogP contribution >= 0.6 is 0 Å². The van der Waals surface area contributed by atoms with Crippen LogP contribution in [-0.4, -0.2) is 37.4 Å². The second-order valence-electron chi connectivity index (χ2n) is 6.40. The molecule has 0 spiro atoms. The third-order valence-electron chi connectivity index (χ3n) is 4.70. The van der Waals surface area contributed by atoms with E-state index in [-0.39, 0.29) is 6.04 Å². The van der Waals surface area contributed by atoms with Gasteiger partial charge >= 0.3 is 6.18 Å². The van der Waals surface area contributed by atoms with Gasteiger partial charge in [0.25, 0.3) is 0 Å². The van der Waals surface area contributed by atoms with Gasteiger partial charge < -0.3 is 9.67 Å². The van der Waals surface area contributed by atoms with Crippen molar-refractivity contribution in [1.82, 2.24) is 19.7 Å². The average Bonchev–Trinajstić information content (AvgIpc) is 3.10. The quantitative estimate of drug-likeness (QED) is 0.917. The van der Waals surface area contributed by atoms with E-state index in [4.69, 9.17) is 0 Å². The molecular formula is C17H21F3N4O. The Labute approximate surface area is 144 Å². The van der Waals surface area contributed by atoms with Gasteiger partial charge in [0.1, 0.15) is 11.6 Å². The second kappa shape index (κ2) is 6.76. The summed E-state index contributed by atoms with van der Waals surface area (Å²) >= 11 is 0. The Balaban J connectivity index is 1.86.